The number of aryl methyl sites for hydroxylation is 1. The lowest BCUT2D eigenvalue weighted by molar-refractivity contribution is -0.275. The zero-order valence-electron chi connectivity index (χ0n) is 16.6. The summed E-state index contributed by atoms with van der Waals surface area (Å²) < 4.78 is 42.5. The van der Waals surface area contributed by atoms with Crippen LogP contribution in [0.15, 0.2) is 41.6 Å². The maximum atomic E-state index is 14.2. The Labute approximate surface area is 200 Å². The Morgan fingerprint density at radius 2 is 1.81 bits per heavy atom. The van der Waals surface area contributed by atoms with Crippen LogP contribution in [0.4, 0.5) is 13.2 Å². The van der Waals surface area contributed by atoms with Gasteiger partial charge >= 0.3 is 6.18 Å². The molecule has 2 aliphatic rings. The Kier molecular flexibility index (Phi) is 6.64. The number of hydrogen-bond donors (Lipinski definition) is 1. The van der Waals surface area contributed by atoms with Crippen molar-refractivity contribution in [3.05, 3.63) is 68.7 Å². The van der Waals surface area contributed by atoms with E-state index in [9.17, 15) is 18.0 Å². The fraction of sp³-hybridized carbons (Fsp3) is 0.333. The number of amides is 1. The van der Waals surface area contributed by atoms with Crippen molar-refractivity contribution in [3.63, 3.8) is 0 Å². The second kappa shape index (κ2) is 9.00. The molecule has 170 valence electrons. The molecule has 1 saturated heterocycles. The number of carbonyl (C=O) groups is 1. The minimum atomic E-state index is -4.77. The lowest BCUT2D eigenvalue weighted by Gasteiger charge is -2.29. The first-order valence-corrected chi connectivity index (χ1v) is 12.8. The fourth-order valence-electron chi connectivity index (χ4n) is 3.60. The average Bonchev–Trinajstić information content (AvgIpc) is 3.37. The summed E-state index contributed by atoms with van der Waals surface area (Å²) in [6.45, 7) is 1.74. The largest absolute Gasteiger partial charge is 0.435 e. The number of nitrogens with zero attached hydrogens (tertiary/aromatic N) is 1. The quantitative estimate of drug-likeness (QED) is 0.475. The normalized spacial score (nSPS) is 21.4. The van der Waals surface area contributed by atoms with Crippen LogP contribution >= 0.6 is 44.8 Å². The van der Waals surface area contributed by atoms with E-state index in [2.05, 4.69) is 10.5 Å². The van der Waals surface area contributed by atoms with Crippen LogP contribution in [0.2, 0.25) is 10.0 Å². The molecule has 0 bridgehead atoms. The Balaban J connectivity index is 1.59. The Morgan fingerprint density at radius 3 is 2.41 bits per heavy atom. The van der Waals surface area contributed by atoms with Gasteiger partial charge in [-0.3, -0.25) is 4.79 Å². The minimum Gasteiger partial charge on any atom is -0.374 e. The highest BCUT2D eigenvalue weighted by Gasteiger charge is 2.62. The molecule has 32 heavy (non-hydrogen) atoms. The second-order valence-corrected chi connectivity index (χ2v) is 11.0. The predicted molar refractivity (Wildman–Crippen MR) is 124 cm³/mol. The lowest BCUT2D eigenvalue weighted by atomic mass is 9.86. The Bertz CT molecular complexity index is 1070. The monoisotopic (exact) mass is 520 g/mol. The third-order valence-corrected chi connectivity index (χ3v) is 8.27. The summed E-state index contributed by atoms with van der Waals surface area (Å²) in [6, 6.07) is 8.63. The van der Waals surface area contributed by atoms with Crippen molar-refractivity contribution >= 4 is 56.4 Å². The van der Waals surface area contributed by atoms with Crippen molar-refractivity contribution in [3.8, 4) is 0 Å². The molecule has 1 unspecified atom stereocenters. The maximum absolute atomic E-state index is 14.2. The summed E-state index contributed by atoms with van der Waals surface area (Å²) >= 11 is 11.9. The van der Waals surface area contributed by atoms with Gasteiger partial charge in [-0.25, -0.2) is 0 Å². The number of rotatable bonds is 4. The number of nitrogens with one attached hydrogen (secondary N) is 1. The van der Waals surface area contributed by atoms with Gasteiger partial charge in [-0.1, -0.05) is 56.0 Å². The molecule has 2 heterocycles. The molecule has 0 radical (unpaired) electrons. The van der Waals surface area contributed by atoms with Crippen molar-refractivity contribution < 1.29 is 22.8 Å². The Morgan fingerprint density at radius 1 is 1.16 bits per heavy atom. The van der Waals surface area contributed by atoms with E-state index in [1.54, 1.807) is 46.7 Å². The molecule has 2 aromatic rings. The van der Waals surface area contributed by atoms with E-state index in [1.165, 1.54) is 18.2 Å². The van der Waals surface area contributed by atoms with Crippen LogP contribution in [0, 0.1) is 6.92 Å². The van der Waals surface area contributed by atoms with E-state index >= 15 is 0 Å². The van der Waals surface area contributed by atoms with Gasteiger partial charge in [0.25, 0.3) is 11.5 Å². The van der Waals surface area contributed by atoms with Gasteiger partial charge in [-0.2, -0.15) is 13.2 Å². The summed E-state index contributed by atoms with van der Waals surface area (Å²) in [5.74, 6) is 1.48. The molecule has 4 rings (SSSR count). The summed E-state index contributed by atoms with van der Waals surface area (Å²) in [7, 11) is 3.42. The van der Waals surface area contributed by atoms with Crippen LogP contribution in [-0.2, 0) is 10.4 Å². The first kappa shape index (κ1) is 23.6. The standard InChI is InChI=1S/C21H17Cl2F3N2O2S2/c1-11-4-12(2-3-17(11)19(29)27-16-9-31-32-10-16)18-8-20(30-28-18,21(24,25)26)13-5-14(22)7-15(23)6-13/h2-7,16H,8-10H2,1H3,(H,27,29). The smallest absolute Gasteiger partial charge is 0.374 e. The molecule has 0 saturated carbocycles. The molecule has 2 aliphatic heterocycles. The molecule has 1 fully saturated rings. The van der Waals surface area contributed by atoms with Crippen LogP contribution in [0.25, 0.3) is 0 Å². The zero-order chi connectivity index (χ0) is 23.1. The van der Waals surface area contributed by atoms with Gasteiger partial charge in [0.15, 0.2) is 0 Å². The van der Waals surface area contributed by atoms with Gasteiger partial charge in [0.2, 0.25) is 0 Å². The highest BCUT2D eigenvalue weighted by Crippen LogP contribution is 2.49. The van der Waals surface area contributed by atoms with Gasteiger partial charge in [-0.05, 0) is 48.4 Å². The first-order valence-electron chi connectivity index (χ1n) is 9.54. The molecular weight excluding hydrogens is 504 g/mol. The number of benzene rings is 2. The molecule has 4 nitrogen and oxygen atoms in total. The van der Waals surface area contributed by atoms with Gasteiger partial charge in [0.1, 0.15) is 0 Å². The number of oxime groups is 1. The molecule has 1 amide bonds. The van der Waals surface area contributed by atoms with Crippen LogP contribution in [0.1, 0.15) is 33.5 Å². The van der Waals surface area contributed by atoms with Gasteiger partial charge in [-0.15, -0.1) is 0 Å². The summed E-state index contributed by atoms with van der Waals surface area (Å²) in [4.78, 5) is 17.6. The van der Waals surface area contributed by atoms with E-state index in [0.717, 1.165) is 11.5 Å². The number of hydrogen-bond acceptors (Lipinski definition) is 5. The Hall–Kier alpha value is -1.55. The summed E-state index contributed by atoms with van der Waals surface area (Å²) in [5.41, 5.74) is -1.24. The fourth-order valence-corrected chi connectivity index (χ4v) is 6.76. The lowest BCUT2D eigenvalue weighted by Crippen LogP contribution is -2.42. The number of halogens is 5. The summed E-state index contributed by atoms with van der Waals surface area (Å²) in [6.07, 6.45) is -5.31. The first-order chi connectivity index (χ1) is 15.1. The molecule has 2 aromatic carbocycles. The van der Waals surface area contributed by atoms with Crippen LogP contribution in [-0.4, -0.2) is 35.3 Å². The van der Waals surface area contributed by atoms with E-state index in [0.29, 0.717) is 16.7 Å². The molecule has 0 aromatic heterocycles. The highest BCUT2D eigenvalue weighted by molar-refractivity contribution is 8.77. The van der Waals surface area contributed by atoms with Crippen LogP contribution in [0.3, 0.4) is 0 Å². The minimum absolute atomic E-state index is 0.0680. The van der Waals surface area contributed by atoms with Gasteiger partial charge in [0.05, 0.1) is 5.71 Å². The maximum Gasteiger partial charge on any atom is 0.435 e. The topological polar surface area (TPSA) is 50.7 Å². The zero-order valence-corrected chi connectivity index (χ0v) is 19.8. The van der Waals surface area contributed by atoms with E-state index in [4.69, 9.17) is 28.0 Å². The third-order valence-electron chi connectivity index (χ3n) is 5.28. The molecule has 1 atom stereocenters. The molecule has 11 heteroatoms. The highest BCUT2D eigenvalue weighted by atomic mass is 35.5. The van der Waals surface area contributed by atoms with E-state index < -0.39 is 18.2 Å². The van der Waals surface area contributed by atoms with E-state index in [1.807, 2.05) is 0 Å². The van der Waals surface area contributed by atoms with Crippen molar-refractivity contribution in [2.45, 2.75) is 31.2 Å². The number of alkyl halides is 3. The average molecular weight is 521 g/mol. The van der Waals surface area contributed by atoms with Crippen molar-refractivity contribution in [1.82, 2.24) is 5.32 Å². The van der Waals surface area contributed by atoms with Gasteiger partial charge in [0, 0.05) is 45.1 Å². The van der Waals surface area contributed by atoms with Crippen molar-refractivity contribution in [2.24, 2.45) is 5.16 Å². The summed E-state index contributed by atoms with van der Waals surface area (Å²) in [5, 5.41) is 6.88. The van der Waals surface area contributed by atoms with Crippen molar-refractivity contribution in [1.29, 1.82) is 0 Å². The number of carbonyl (C=O) groups excluding carboxylic acids is 1. The van der Waals surface area contributed by atoms with Crippen LogP contribution in [0.5, 0.6) is 0 Å². The SMILES string of the molecule is Cc1cc(C2=NOC(c3cc(Cl)cc(Cl)c3)(C(F)(F)F)C2)ccc1C(=O)NC1CSSC1. The molecular formula is C21H17Cl2F3N2O2S2. The van der Waals surface area contributed by atoms with Crippen molar-refractivity contribution in [2.75, 3.05) is 11.5 Å². The molecule has 1 N–H and O–H groups in total. The van der Waals surface area contributed by atoms with E-state index in [-0.39, 0.29) is 33.3 Å². The van der Waals surface area contributed by atoms with Gasteiger partial charge < -0.3 is 10.2 Å². The third kappa shape index (κ3) is 4.58. The predicted octanol–water partition coefficient (Wildman–Crippen LogP) is 6.38. The van der Waals surface area contributed by atoms with Crippen LogP contribution < -0.4 is 5.32 Å². The second-order valence-electron chi connectivity index (χ2n) is 7.56. The molecule has 0 aliphatic carbocycles. The molecule has 0 spiro atoms.